The Hall–Kier alpha value is -2.74. The van der Waals surface area contributed by atoms with Crippen molar-refractivity contribution in [2.45, 2.75) is 32.7 Å². The van der Waals surface area contributed by atoms with Gasteiger partial charge in [0.15, 0.2) is 0 Å². The third kappa shape index (κ3) is 5.88. The summed E-state index contributed by atoms with van der Waals surface area (Å²) in [4.78, 5) is 8.90. The number of halogens is 3. The van der Waals surface area contributed by atoms with Crippen LogP contribution >= 0.6 is 0 Å². The molecular formula is C20H22F3NO4. The maximum atomic E-state index is 10.6. The summed E-state index contributed by atoms with van der Waals surface area (Å²) in [6, 6.07) is 14.5. The van der Waals surface area contributed by atoms with Crippen LogP contribution in [0.15, 0.2) is 42.5 Å². The predicted molar refractivity (Wildman–Crippen MR) is 98.5 cm³/mol. The van der Waals surface area contributed by atoms with Crippen LogP contribution in [0.25, 0.3) is 11.1 Å². The summed E-state index contributed by atoms with van der Waals surface area (Å²) in [6.45, 7) is 6.50. The predicted octanol–water partition coefficient (Wildman–Crippen LogP) is 4.26. The minimum atomic E-state index is -5.08. The third-order valence-corrected chi connectivity index (χ3v) is 3.72. The minimum Gasteiger partial charge on any atom is -0.491 e. The zero-order chi connectivity index (χ0) is 20.7. The Bertz CT molecular complexity index is 806. The Balaban J connectivity index is 0.000000345. The van der Waals surface area contributed by atoms with Gasteiger partial charge in [0, 0.05) is 29.8 Å². The molecule has 0 aromatic heterocycles. The summed E-state index contributed by atoms with van der Waals surface area (Å²) in [5.41, 5.74) is 3.39. The molecule has 0 aliphatic carbocycles. The molecule has 0 amide bonds. The largest absolute Gasteiger partial charge is 0.491 e. The molecule has 2 aromatic carbocycles. The molecule has 8 heteroatoms. The van der Waals surface area contributed by atoms with Crippen molar-refractivity contribution >= 4 is 5.97 Å². The van der Waals surface area contributed by atoms with Gasteiger partial charge in [0.25, 0.3) is 0 Å². The highest BCUT2D eigenvalue weighted by molar-refractivity contribution is 5.77. The van der Waals surface area contributed by atoms with E-state index in [1.807, 2.05) is 32.0 Å². The lowest BCUT2D eigenvalue weighted by atomic mass is 10.0. The second-order valence-electron chi connectivity index (χ2n) is 6.28. The highest BCUT2D eigenvalue weighted by Gasteiger charge is 2.38. The quantitative estimate of drug-likeness (QED) is 0.810. The minimum absolute atomic E-state index is 0.149. The van der Waals surface area contributed by atoms with Gasteiger partial charge >= 0.3 is 12.1 Å². The van der Waals surface area contributed by atoms with E-state index in [0.717, 1.165) is 35.7 Å². The molecule has 0 bridgehead atoms. The normalized spacial score (nSPS) is 13.5. The van der Waals surface area contributed by atoms with Crippen LogP contribution in [-0.4, -0.2) is 36.5 Å². The van der Waals surface area contributed by atoms with E-state index in [4.69, 9.17) is 19.4 Å². The maximum absolute atomic E-state index is 10.6. The molecule has 28 heavy (non-hydrogen) atoms. The van der Waals surface area contributed by atoms with Gasteiger partial charge in [-0.3, -0.25) is 0 Å². The van der Waals surface area contributed by atoms with Crippen LogP contribution in [0.1, 0.15) is 19.4 Å². The number of nitrogens with one attached hydrogen (secondary N) is 1. The first-order valence-electron chi connectivity index (χ1n) is 8.71. The maximum Gasteiger partial charge on any atom is 0.490 e. The molecule has 1 aliphatic rings. The molecule has 152 valence electrons. The van der Waals surface area contributed by atoms with E-state index in [-0.39, 0.29) is 6.10 Å². The zero-order valence-electron chi connectivity index (χ0n) is 15.5. The SMILES string of the molecule is CC(C)Oc1ccccc1-c1cccc2c1OCCNC2.O=C(O)C(F)(F)F. The molecule has 0 saturated carbocycles. The topological polar surface area (TPSA) is 67.8 Å². The van der Waals surface area contributed by atoms with E-state index < -0.39 is 12.1 Å². The van der Waals surface area contributed by atoms with Gasteiger partial charge in [0.2, 0.25) is 0 Å². The fourth-order valence-corrected chi connectivity index (χ4v) is 2.60. The molecular weight excluding hydrogens is 375 g/mol. The number of carboxylic acid groups (broad SMARTS) is 1. The summed E-state index contributed by atoms with van der Waals surface area (Å²) in [6.07, 6.45) is -4.93. The monoisotopic (exact) mass is 397 g/mol. The summed E-state index contributed by atoms with van der Waals surface area (Å²) >= 11 is 0. The van der Waals surface area contributed by atoms with Crippen molar-refractivity contribution in [1.82, 2.24) is 5.32 Å². The molecule has 3 rings (SSSR count). The fraction of sp³-hybridized carbons (Fsp3) is 0.350. The number of fused-ring (bicyclic) bond motifs is 1. The van der Waals surface area contributed by atoms with Crippen molar-refractivity contribution < 1.29 is 32.5 Å². The lowest BCUT2D eigenvalue weighted by Gasteiger charge is -2.17. The highest BCUT2D eigenvalue weighted by Crippen LogP contribution is 2.39. The number of carbonyl (C=O) groups is 1. The fourth-order valence-electron chi connectivity index (χ4n) is 2.60. The first kappa shape index (κ1) is 21.6. The molecule has 0 spiro atoms. The number of hydrogen-bond donors (Lipinski definition) is 2. The number of para-hydroxylation sites is 2. The first-order chi connectivity index (χ1) is 13.2. The number of carboxylic acids is 1. The second kappa shape index (κ2) is 9.45. The Labute approximate surface area is 161 Å². The van der Waals surface area contributed by atoms with Crippen LogP contribution < -0.4 is 14.8 Å². The molecule has 1 heterocycles. The Kier molecular flexibility index (Phi) is 7.28. The molecule has 0 fully saturated rings. The van der Waals surface area contributed by atoms with Gasteiger partial charge in [-0.15, -0.1) is 0 Å². The van der Waals surface area contributed by atoms with Crippen LogP contribution in [0, 0.1) is 0 Å². The van der Waals surface area contributed by atoms with E-state index in [2.05, 4.69) is 29.6 Å². The molecule has 0 radical (unpaired) electrons. The van der Waals surface area contributed by atoms with Gasteiger partial charge in [-0.2, -0.15) is 13.2 Å². The number of benzene rings is 2. The third-order valence-electron chi connectivity index (χ3n) is 3.72. The van der Waals surface area contributed by atoms with Gasteiger partial charge in [0.05, 0.1) is 6.10 Å². The molecule has 1 aliphatic heterocycles. The average molecular weight is 397 g/mol. The number of aliphatic carboxylic acids is 1. The molecule has 2 N–H and O–H groups in total. The van der Waals surface area contributed by atoms with Crippen molar-refractivity contribution in [3.63, 3.8) is 0 Å². The summed E-state index contributed by atoms with van der Waals surface area (Å²) in [7, 11) is 0. The summed E-state index contributed by atoms with van der Waals surface area (Å²) in [5, 5.41) is 10.5. The van der Waals surface area contributed by atoms with Gasteiger partial charge < -0.3 is 19.9 Å². The Morgan fingerprint density at radius 3 is 2.43 bits per heavy atom. The van der Waals surface area contributed by atoms with Crippen LogP contribution in [0.3, 0.4) is 0 Å². The summed E-state index contributed by atoms with van der Waals surface area (Å²) in [5.74, 6) is -0.878. The van der Waals surface area contributed by atoms with Crippen LogP contribution in [0.5, 0.6) is 11.5 Å². The number of alkyl halides is 3. The zero-order valence-corrected chi connectivity index (χ0v) is 15.5. The molecule has 0 saturated heterocycles. The van der Waals surface area contributed by atoms with Crippen LogP contribution in [0.4, 0.5) is 13.2 Å². The molecule has 5 nitrogen and oxygen atoms in total. The summed E-state index contributed by atoms with van der Waals surface area (Å²) < 4.78 is 43.7. The first-order valence-corrected chi connectivity index (χ1v) is 8.71. The average Bonchev–Trinajstić information content (AvgIpc) is 2.87. The second-order valence-corrected chi connectivity index (χ2v) is 6.28. The van der Waals surface area contributed by atoms with Crippen molar-refractivity contribution in [3.8, 4) is 22.6 Å². The van der Waals surface area contributed by atoms with Crippen molar-refractivity contribution in [3.05, 3.63) is 48.0 Å². The van der Waals surface area contributed by atoms with Crippen LogP contribution in [0.2, 0.25) is 0 Å². The van der Waals surface area contributed by atoms with E-state index in [1.165, 1.54) is 5.56 Å². The molecule has 2 aromatic rings. The number of rotatable bonds is 3. The number of hydrogen-bond acceptors (Lipinski definition) is 4. The van der Waals surface area contributed by atoms with Gasteiger partial charge in [0.1, 0.15) is 18.1 Å². The van der Waals surface area contributed by atoms with E-state index in [9.17, 15) is 13.2 Å². The lowest BCUT2D eigenvalue weighted by Crippen LogP contribution is -2.21. The Morgan fingerprint density at radius 1 is 1.14 bits per heavy atom. The van der Waals surface area contributed by atoms with Gasteiger partial charge in [-0.25, -0.2) is 4.79 Å². The van der Waals surface area contributed by atoms with E-state index in [1.54, 1.807) is 0 Å². The van der Waals surface area contributed by atoms with Gasteiger partial charge in [-0.05, 0) is 19.9 Å². The van der Waals surface area contributed by atoms with E-state index in [0.29, 0.717) is 6.61 Å². The van der Waals surface area contributed by atoms with Crippen molar-refractivity contribution in [2.24, 2.45) is 0 Å². The molecule has 0 atom stereocenters. The lowest BCUT2D eigenvalue weighted by molar-refractivity contribution is -0.192. The standard InChI is InChI=1S/C18H21NO2.C2HF3O2/c1-13(2)21-17-9-4-3-7-15(17)16-8-5-6-14-12-19-10-11-20-18(14)16;3-2(4,5)1(6)7/h3-9,13,19H,10-12H2,1-2H3;(H,6,7). The van der Waals surface area contributed by atoms with E-state index >= 15 is 0 Å². The number of ether oxygens (including phenoxy) is 2. The highest BCUT2D eigenvalue weighted by atomic mass is 19.4. The Morgan fingerprint density at radius 2 is 1.79 bits per heavy atom. The van der Waals surface area contributed by atoms with Gasteiger partial charge in [-0.1, -0.05) is 36.4 Å². The van der Waals surface area contributed by atoms with Crippen molar-refractivity contribution in [2.75, 3.05) is 13.2 Å². The van der Waals surface area contributed by atoms with Crippen molar-refractivity contribution in [1.29, 1.82) is 0 Å². The van der Waals surface area contributed by atoms with Crippen LogP contribution in [-0.2, 0) is 11.3 Å². The molecule has 0 unspecified atom stereocenters. The smallest absolute Gasteiger partial charge is 0.490 e.